The molecule has 6 heteroatoms. The molecule has 0 aromatic rings. The van der Waals surface area contributed by atoms with Crippen molar-refractivity contribution in [3.05, 3.63) is 0 Å². The van der Waals surface area contributed by atoms with Crippen molar-refractivity contribution >= 4 is 11.9 Å². The summed E-state index contributed by atoms with van der Waals surface area (Å²) in [6.45, 7) is 7.86. The van der Waals surface area contributed by atoms with Crippen LogP contribution < -0.4 is 0 Å². The number of ether oxygens (including phenoxy) is 3. The first-order valence-electron chi connectivity index (χ1n) is 9.53. The normalized spacial score (nSPS) is 13.3. The second kappa shape index (κ2) is 15.1. The van der Waals surface area contributed by atoms with Crippen LogP contribution in [-0.2, 0) is 23.8 Å². The molecule has 0 heterocycles. The van der Waals surface area contributed by atoms with Gasteiger partial charge in [-0.25, -0.2) is 0 Å². The Labute approximate surface area is 152 Å². The molecular weight excluding hydrogens is 324 g/mol. The first-order valence-corrected chi connectivity index (χ1v) is 9.53. The Kier molecular flexibility index (Phi) is 14.5. The van der Waals surface area contributed by atoms with Gasteiger partial charge in [-0.3, -0.25) is 9.59 Å². The minimum atomic E-state index is -0.533. The Hall–Kier alpha value is -1.14. The zero-order valence-corrected chi connectivity index (χ0v) is 16.2. The highest BCUT2D eigenvalue weighted by Crippen LogP contribution is 2.23. The first-order chi connectivity index (χ1) is 12.0. The van der Waals surface area contributed by atoms with Crippen molar-refractivity contribution in [3.63, 3.8) is 0 Å². The monoisotopic (exact) mass is 360 g/mol. The molecule has 0 bridgehead atoms. The fraction of sp³-hybridized carbons (Fsp3) is 0.895. The molecular formula is C19H36O6. The van der Waals surface area contributed by atoms with E-state index in [1.54, 1.807) is 0 Å². The smallest absolute Gasteiger partial charge is 0.306 e. The Bertz CT molecular complexity index is 358. The van der Waals surface area contributed by atoms with Gasteiger partial charge in [-0.05, 0) is 51.9 Å². The van der Waals surface area contributed by atoms with Gasteiger partial charge in [0.2, 0.25) is 0 Å². The van der Waals surface area contributed by atoms with Crippen LogP contribution in [0.25, 0.3) is 0 Å². The van der Waals surface area contributed by atoms with Crippen LogP contribution in [0, 0.1) is 0 Å². The summed E-state index contributed by atoms with van der Waals surface area (Å²) in [6, 6.07) is 0. The number of carbonyl (C=O) groups is 2. The van der Waals surface area contributed by atoms with Crippen LogP contribution in [0.3, 0.4) is 0 Å². The molecule has 0 amide bonds. The summed E-state index contributed by atoms with van der Waals surface area (Å²) in [5.74, 6) is -0.747. The van der Waals surface area contributed by atoms with E-state index in [2.05, 4.69) is 6.92 Å². The van der Waals surface area contributed by atoms with Crippen molar-refractivity contribution in [3.8, 4) is 0 Å². The highest BCUT2D eigenvalue weighted by molar-refractivity contribution is 5.77. The van der Waals surface area contributed by atoms with E-state index < -0.39 is 5.60 Å². The second-order valence-electron chi connectivity index (χ2n) is 6.50. The fourth-order valence-electron chi connectivity index (χ4n) is 2.25. The molecule has 0 fully saturated rings. The number of hydrogen-bond acceptors (Lipinski definition) is 6. The minimum absolute atomic E-state index is 0.0357. The molecule has 0 unspecified atom stereocenters. The number of aliphatic hydroxyl groups is 1. The van der Waals surface area contributed by atoms with Gasteiger partial charge >= 0.3 is 11.9 Å². The third kappa shape index (κ3) is 13.8. The van der Waals surface area contributed by atoms with Crippen molar-refractivity contribution in [2.45, 2.75) is 84.2 Å². The average Bonchev–Trinajstić information content (AvgIpc) is 2.59. The van der Waals surface area contributed by atoms with E-state index in [1.807, 2.05) is 13.8 Å². The third-order valence-corrected chi connectivity index (χ3v) is 4.05. The third-order valence-electron chi connectivity index (χ3n) is 4.05. The van der Waals surface area contributed by atoms with E-state index in [0.29, 0.717) is 32.5 Å². The lowest BCUT2D eigenvalue weighted by molar-refractivity contribution is -0.162. The van der Waals surface area contributed by atoms with Gasteiger partial charge in [-0.15, -0.1) is 0 Å². The number of unbranched alkanes of at least 4 members (excludes halogenated alkanes) is 2. The Morgan fingerprint density at radius 2 is 1.60 bits per heavy atom. The number of rotatable bonds is 16. The first kappa shape index (κ1) is 23.9. The second-order valence-corrected chi connectivity index (χ2v) is 6.50. The van der Waals surface area contributed by atoms with Crippen LogP contribution >= 0.6 is 0 Å². The van der Waals surface area contributed by atoms with Crippen molar-refractivity contribution in [1.29, 1.82) is 0 Å². The van der Waals surface area contributed by atoms with E-state index in [-0.39, 0.29) is 31.4 Å². The maximum absolute atomic E-state index is 11.9. The summed E-state index contributed by atoms with van der Waals surface area (Å²) in [7, 11) is 0. The number of hydrogen-bond donors (Lipinski definition) is 1. The van der Waals surface area contributed by atoms with E-state index in [0.717, 1.165) is 32.3 Å². The van der Waals surface area contributed by atoms with Gasteiger partial charge < -0.3 is 19.3 Å². The summed E-state index contributed by atoms with van der Waals surface area (Å²) in [4.78, 5) is 23.6. The van der Waals surface area contributed by atoms with Crippen molar-refractivity contribution in [2.24, 2.45) is 0 Å². The van der Waals surface area contributed by atoms with E-state index in [1.165, 1.54) is 0 Å². The van der Waals surface area contributed by atoms with Gasteiger partial charge in [0, 0.05) is 19.8 Å². The Morgan fingerprint density at radius 3 is 2.24 bits per heavy atom. The van der Waals surface area contributed by atoms with E-state index in [9.17, 15) is 9.59 Å². The minimum Gasteiger partial charge on any atom is -0.466 e. The van der Waals surface area contributed by atoms with Gasteiger partial charge in [0.25, 0.3) is 0 Å². The SMILES string of the molecule is CCCOCCCCOC(=O)CCC(=O)O[C@](C)(CC)CCCCO. The summed E-state index contributed by atoms with van der Waals surface area (Å²) >= 11 is 0. The molecule has 0 rings (SSSR count). The predicted molar refractivity (Wildman–Crippen MR) is 96.3 cm³/mol. The topological polar surface area (TPSA) is 82.1 Å². The maximum atomic E-state index is 11.9. The fourth-order valence-corrected chi connectivity index (χ4v) is 2.25. The van der Waals surface area contributed by atoms with Gasteiger partial charge in [0.1, 0.15) is 5.60 Å². The Morgan fingerprint density at radius 1 is 0.920 bits per heavy atom. The molecule has 148 valence electrons. The molecule has 0 aliphatic carbocycles. The molecule has 0 aromatic heterocycles. The molecule has 6 nitrogen and oxygen atoms in total. The van der Waals surface area contributed by atoms with Gasteiger partial charge in [-0.1, -0.05) is 13.8 Å². The number of esters is 2. The molecule has 0 saturated heterocycles. The number of aliphatic hydroxyl groups excluding tert-OH is 1. The molecule has 0 aromatic carbocycles. The zero-order valence-electron chi connectivity index (χ0n) is 16.2. The molecule has 1 atom stereocenters. The summed E-state index contributed by atoms with van der Waals surface area (Å²) in [5.41, 5.74) is -0.533. The summed E-state index contributed by atoms with van der Waals surface area (Å²) in [5, 5.41) is 8.84. The Balaban J connectivity index is 3.82. The van der Waals surface area contributed by atoms with Crippen LogP contribution in [0.4, 0.5) is 0 Å². The number of carbonyl (C=O) groups excluding carboxylic acids is 2. The van der Waals surface area contributed by atoms with Crippen LogP contribution in [0.5, 0.6) is 0 Å². The standard InChI is InChI=1S/C19H36O6/c1-4-14-23-15-8-9-16-24-17(21)10-11-18(22)25-19(3,5-2)12-6-7-13-20/h20H,4-16H2,1-3H3/t19-/m1/s1. The van der Waals surface area contributed by atoms with Crippen molar-refractivity contribution in [1.82, 2.24) is 0 Å². The maximum Gasteiger partial charge on any atom is 0.306 e. The van der Waals surface area contributed by atoms with Crippen LogP contribution in [-0.4, -0.2) is 49.1 Å². The molecule has 0 radical (unpaired) electrons. The van der Waals surface area contributed by atoms with Gasteiger partial charge in [-0.2, -0.15) is 0 Å². The predicted octanol–water partition coefficient (Wildman–Crippen LogP) is 3.39. The summed E-state index contributed by atoms with van der Waals surface area (Å²) < 4.78 is 16.0. The molecule has 0 aliphatic rings. The average molecular weight is 360 g/mol. The zero-order chi connectivity index (χ0) is 19.0. The van der Waals surface area contributed by atoms with Gasteiger partial charge in [0.05, 0.1) is 19.4 Å². The van der Waals surface area contributed by atoms with E-state index in [4.69, 9.17) is 19.3 Å². The van der Waals surface area contributed by atoms with Crippen molar-refractivity contribution in [2.75, 3.05) is 26.4 Å². The van der Waals surface area contributed by atoms with E-state index >= 15 is 0 Å². The van der Waals surface area contributed by atoms with Crippen LogP contribution in [0.1, 0.15) is 78.6 Å². The molecule has 0 saturated carbocycles. The van der Waals surface area contributed by atoms with Gasteiger partial charge in [0.15, 0.2) is 0 Å². The lowest BCUT2D eigenvalue weighted by atomic mass is 9.96. The highest BCUT2D eigenvalue weighted by atomic mass is 16.6. The molecule has 0 aliphatic heterocycles. The van der Waals surface area contributed by atoms with Crippen LogP contribution in [0.15, 0.2) is 0 Å². The lowest BCUT2D eigenvalue weighted by Crippen LogP contribution is -2.31. The molecule has 0 spiro atoms. The summed E-state index contributed by atoms with van der Waals surface area (Å²) in [6.07, 6.45) is 5.62. The van der Waals surface area contributed by atoms with Crippen molar-refractivity contribution < 1.29 is 28.9 Å². The molecule has 25 heavy (non-hydrogen) atoms. The largest absolute Gasteiger partial charge is 0.466 e. The molecule has 1 N–H and O–H groups in total. The highest BCUT2D eigenvalue weighted by Gasteiger charge is 2.26. The lowest BCUT2D eigenvalue weighted by Gasteiger charge is -2.28. The quantitative estimate of drug-likeness (QED) is 0.336. The van der Waals surface area contributed by atoms with Crippen LogP contribution in [0.2, 0.25) is 0 Å².